The van der Waals surface area contributed by atoms with E-state index < -0.39 is 10.0 Å². The molecular formula is C18H25NO5S2. The van der Waals surface area contributed by atoms with E-state index in [0.29, 0.717) is 17.4 Å². The van der Waals surface area contributed by atoms with E-state index in [0.717, 1.165) is 24.0 Å². The SMILES string of the molecule is CC.CC(=O)c1cc(C)cc(C)c1NS(=O)(=O)c1ccsc1C=O.CO. The molecule has 144 valence electrons. The minimum Gasteiger partial charge on any atom is -0.400 e. The number of nitrogens with one attached hydrogen (secondary N) is 1. The Morgan fingerprint density at radius 3 is 2.27 bits per heavy atom. The summed E-state index contributed by atoms with van der Waals surface area (Å²) in [5, 5.41) is 8.53. The number of anilines is 1. The van der Waals surface area contributed by atoms with Crippen LogP contribution in [0.15, 0.2) is 28.5 Å². The number of Topliss-reactive ketones (excluding diaryl/α,β-unsaturated/α-hetero) is 1. The fourth-order valence-electron chi connectivity index (χ4n) is 2.19. The van der Waals surface area contributed by atoms with Gasteiger partial charge in [0.25, 0.3) is 10.0 Å². The summed E-state index contributed by atoms with van der Waals surface area (Å²) in [5.41, 5.74) is 2.08. The predicted octanol–water partition coefficient (Wildman–Crippen LogP) is 3.82. The molecule has 0 spiro atoms. The largest absolute Gasteiger partial charge is 0.400 e. The lowest BCUT2D eigenvalue weighted by Crippen LogP contribution is -2.17. The zero-order valence-electron chi connectivity index (χ0n) is 15.8. The Morgan fingerprint density at radius 1 is 1.19 bits per heavy atom. The maximum absolute atomic E-state index is 12.5. The lowest BCUT2D eigenvalue weighted by atomic mass is 10.0. The molecular weight excluding hydrogens is 374 g/mol. The van der Waals surface area contributed by atoms with E-state index in [-0.39, 0.29) is 21.2 Å². The number of thiophene rings is 1. The highest BCUT2D eigenvalue weighted by Gasteiger charge is 2.22. The molecule has 0 atom stereocenters. The van der Waals surface area contributed by atoms with E-state index in [9.17, 15) is 18.0 Å². The van der Waals surface area contributed by atoms with Crippen molar-refractivity contribution in [3.8, 4) is 0 Å². The molecule has 26 heavy (non-hydrogen) atoms. The van der Waals surface area contributed by atoms with Gasteiger partial charge in [-0.05, 0) is 49.4 Å². The summed E-state index contributed by atoms with van der Waals surface area (Å²) >= 11 is 1.05. The van der Waals surface area contributed by atoms with Crippen molar-refractivity contribution in [2.24, 2.45) is 0 Å². The van der Waals surface area contributed by atoms with Crippen LogP contribution in [0.3, 0.4) is 0 Å². The Hall–Kier alpha value is -2.03. The first-order valence-corrected chi connectivity index (χ1v) is 10.2. The average molecular weight is 400 g/mol. The van der Waals surface area contributed by atoms with Gasteiger partial charge < -0.3 is 5.11 Å². The van der Waals surface area contributed by atoms with E-state index >= 15 is 0 Å². The number of sulfonamides is 1. The van der Waals surface area contributed by atoms with Crippen molar-refractivity contribution >= 4 is 39.1 Å². The Labute approximate surface area is 158 Å². The van der Waals surface area contributed by atoms with Crippen LogP contribution in [0.1, 0.15) is 51.9 Å². The second-order valence-electron chi connectivity index (χ2n) is 4.93. The molecule has 0 bridgehead atoms. The summed E-state index contributed by atoms with van der Waals surface area (Å²) in [6.45, 7) is 8.94. The number of aliphatic hydroxyl groups is 1. The van der Waals surface area contributed by atoms with Crippen LogP contribution in [-0.2, 0) is 10.0 Å². The number of rotatable bonds is 5. The van der Waals surface area contributed by atoms with Gasteiger partial charge in [0.2, 0.25) is 0 Å². The quantitative estimate of drug-likeness (QED) is 0.588. The Morgan fingerprint density at radius 2 is 1.77 bits per heavy atom. The highest BCUT2D eigenvalue weighted by atomic mass is 32.2. The minimum absolute atomic E-state index is 0.0815. The number of aryl methyl sites for hydroxylation is 2. The third-order valence-corrected chi connectivity index (χ3v) is 5.53. The number of hydrogen-bond acceptors (Lipinski definition) is 6. The molecule has 1 heterocycles. The van der Waals surface area contributed by atoms with E-state index in [4.69, 9.17) is 5.11 Å². The Bertz CT molecular complexity index is 854. The van der Waals surface area contributed by atoms with Crippen LogP contribution >= 0.6 is 11.3 Å². The predicted molar refractivity (Wildman–Crippen MR) is 106 cm³/mol. The molecule has 0 aliphatic rings. The zero-order chi connectivity index (χ0) is 20.5. The van der Waals surface area contributed by atoms with Crippen molar-refractivity contribution in [2.45, 2.75) is 39.5 Å². The molecule has 0 radical (unpaired) electrons. The van der Waals surface area contributed by atoms with Gasteiger partial charge in [-0.1, -0.05) is 19.9 Å². The molecule has 0 aliphatic carbocycles. The summed E-state index contributed by atoms with van der Waals surface area (Å²) in [7, 11) is -2.93. The number of benzene rings is 1. The summed E-state index contributed by atoms with van der Waals surface area (Å²) in [6, 6.07) is 4.80. The fraction of sp³-hybridized carbons (Fsp3) is 0.333. The van der Waals surface area contributed by atoms with Crippen LogP contribution < -0.4 is 4.72 Å². The first kappa shape index (κ1) is 24.0. The maximum Gasteiger partial charge on any atom is 0.263 e. The molecule has 0 amide bonds. The van der Waals surface area contributed by atoms with Gasteiger partial charge >= 0.3 is 0 Å². The molecule has 2 rings (SSSR count). The van der Waals surface area contributed by atoms with E-state index in [2.05, 4.69) is 4.72 Å². The molecule has 0 saturated heterocycles. The highest BCUT2D eigenvalue weighted by Crippen LogP contribution is 2.28. The molecule has 6 nitrogen and oxygen atoms in total. The van der Waals surface area contributed by atoms with Crippen LogP contribution in [0.4, 0.5) is 5.69 Å². The fourth-order valence-corrected chi connectivity index (χ4v) is 4.55. The van der Waals surface area contributed by atoms with Crippen LogP contribution in [-0.4, -0.2) is 32.7 Å². The van der Waals surface area contributed by atoms with Crippen molar-refractivity contribution in [1.82, 2.24) is 0 Å². The smallest absolute Gasteiger partial charge is 0.263 e. The summed E-state index contributed by atoms with van der Waals surface area (Å²) in [6.07, 6.45) is 0.507. The standard InChI is InChI=1S/C15H15NO4S2.C2H6.CH4O/c1-9-6-10(2)15(12(7-9)11(3)18)16-22(19,20)14-4-5-21-13(14)8-17;2*1-2/h4-8,16H,1-3H3;1-2H3;2H,1H3. The second-order valence-corrected chi connectivity index (χ2v) is 7.53. The minimum atomic E-state index is -3.93. The van der Waals surface area contributed by atoms with Crippen molar-refractivity contribution < 1.29 is 23.1 Å². The second kappa shape index (κ2) is 10.8. The van der Waals surface area contributed by atoms with Crippen LogP contribution in [0.2, 0.25) is 0 Å². The van der Waals surface area contributed by atoms with Crippen LogP contribution in [0.5, 0.6) is 0 Å². The lowest BCUT2D eigenvalue weighted by molar-refractivity contribution is 0.101. The number of aliphatic hydroxyl groups excluding tert-OH is 1. The molecule has 0 aliphatic heterocycles. The highest BCUT2D eigenvalue weighted by molar-refractivity contribution is 7.93. The van der Waals surface area contributed by atoms with Gasteiger partial charge in [0.1, 0.15) is 4.90 Å². The van der Waals surface area contributed by atoms with E-state index in [1.165, 1.54) is 18.4 Å². The Balaban J connectivity index is 0.00000146. The van der Waals surface area contributed by atoms with Gasteiger partial charge in [-0.25, -0.2) is 8.42 Å². The van der Waals surface area contributed by atoms with Gasteiger partial charge in [-0.3, -0.25) is 14.3 Å². The molecule has 0 fully saturated rings. The first-order chi connectivity index (χ1) is 12.3. The van der Waals surface area contributed by atoms with Gasteiger partial charge in [-0.15, -0.1) is 11.3 Å². The third kappa shape index (κ3) is 5.76. The number of hydrogen-bond donors (Lipinski definition) is 2. The van der Waals surface area contributed by atoms with Crippen LogP contribution in [0.25, 0.3) is 0 Å². The molecule has 2 aromatic rings. The molecule has 0 saturated carbocycles. The number of ketones is 1. The third-order valence-electron chi connectivity index (χ3n) is 3.15. The molecule has 1 aromatic carbocycles. The number of aldehydes is 1. The van der Waals surface area contributed by atoms with Gasteiger partial charge in [-0.2, -0.15) is 0 Å². The molecule has 2 N–H and O–H groups in total. The summed E-state index contributed by atoms with van der Waals surface area (Å²) in [5.74, 6) is -0.231. The van der Waals surface area contributed by atoms with Crippen molar-refractivity contribution in [1.29, 1.82) is 0 Å². The van der Waals surface area contributed by atoms with E-state index in [1.54, 1.807) is 19.1 Å². The zero-order valence-corrected chi connectivity index (χ0v) is 17.4. The summed E-state index contributed by atoms with van der Waals surface area (Å²) in [4.78, 5) is 22.8. The average Bonchev–Trinajstić information content (AvgIpc) is 3.10. The van der Waals surface area contributed by atoms with Gasteiger partial charge in [0.05, 0.1) is 10.6 Å². The summed E-state index contributed by atoms with van der Waals surface area (Å²) < 4.78 is 27.4. The molecule has 0 unspecified atom stereocenters. The monoisotopic (exact) mass is 399 g/mol. The topological polar surface area (TPSA) is 101 Å². The van der Waals surface area contributed by atoms with E-state index in [1.807, 2.05) is 20.8 Å². The Kier molecular flexibility index (Phi) is 10.0. The normalized spacial score (nSPS) is 9.96. The van der Waals surface area contributed by atoms with Gasteiger partial charge in [0, 0.05) is 12.7 Å². The molecule has 8 heteroatoms. The van der Waals surface area contributed by atoms with Gasteiger partial charge in [0.15, 0.2) is 12.1 Å². The molecule has 1 aromatic heterocycles. The van der Waals surface area contributed by atoms with Crippen LogP contribution in [0, 0.1) is 13.8 Å². The maximum atomic E-state index is 12.5. The lowest BCUT2D eigenvalue weighted by Gasteiger charge is -2.14. The number of carbonyl (C=O) groups is 2. The van der Waals surface area contributed by atoms with Crippen molar-refractivity contribution in [3.63, 3.8) is 0 Å². The number of carbonyl (C=O) groups excluding carboxylic acids is 2. The van der Waals surface area contributed by atoms with Crippen molar-refractivity contribution in [3.05, 3.63) is 45.1 Å². The first-order valence-electron chi connectivity index (χ1n) is 7.88. The van der Waals surface area contributed by atoms with Crippen molar-refractivity contribution in [2.75, 3.05) is 11.8 Å².